The van der Waals surface area contributed by atoms with E-state index in [4.69, 9.17) is 11.5 Å². The van der Waals surface area contributed by atoms with Crippen LogP contribution in [0.15, 0.2) is 53.1 Å². The number of carbonyl (C=O) groups is 4. The van der Waals surface area contributed by atoms with Gasteiger partial charge in [0.15, 0.2) is 24.1 Å². The molecule has 1 fully saturated rings. The van der Waals surface area contributed by atoms with Crippen LogP contribution in [-0.4, -0.2) is 72.8 Å². The van der Waals surface area contributed by atoms with Crippen molar-refractivity contribution in [1.29, 1.82) is 0 Å². The summed E-state index contributed by atoms with van der Waals surface area (Å²) in [4.78, 5) is 58.2. The number of carboxylic acids is 1. The number of oxime groups is 1. The van der Waals surface area contributed by atoms with Gasteiger partial charge in [-0.05, 0) is 11.6 Å². The molecule has 14 nitrogen and oxygen atoms in total. The molecule has 4 heterocycles. The lowest BCUT2D eigenvalue weighted by Gasteiger charge is -2.49. The van der Waals surface area contributed by atoms with E-state index in [2.05, 4.69) is 24.7 Å². The molecule has 6 N–H and O–H groups in total. The Morgan fingerprint density at radius 1 is 1.37 bits per heavy atom. The second kappa shape index (κ2) is 11.3. The fourth-order valence-electron chi connectivity index (χ4n) is 3.64. The molecule has 0 spiro atoms. The minimum Gasteiger partial charge on any atom is -0.477 e. The standard InChI is InChI=1S/C21H19FN8O6S2/c22-9-36-27-12(16-26-21(24)38-28-16)17(32)25-13-18(33)30-14(20(34)35)11(8-37-19(13)30)2-1-5-29-6-3-10(4-7-29)15(23)31/h1-4,6-7,13,19H,5,8-9H2,(H5-,23,24,25,26,28,31,32,34,35)/p+1/b2-1+,27-12-/t13-,19+/m1/s1. The van der Waals surface area contributed by atoms with Gasteiger partial charge < -0.3 is 26.7 Å². The van der Waals surface area contributed by atoms with Gasteiger partial charge in [-0.25, -0.2) is 13.8 Å². The van der Waals surface area contributed by atoms with Gasteiger partial charge in [-0.2, -0.15) is 9.36 Å². The van der Waals surface area contributed by atoms with Crippen molar-refractivity contribution >= 4 is 57.8 Å². The van der Waals surface area contributed by atoms with Crippen LogP contribution in [0.3, 0.4) is 0 Å². The van der Waals surface area contributed by atoms with Gasteiger partial charge in [0.25, 0.3) is 18.7 Å². The van der Waals surface area contributed by atoms with Gasteiger partial charge >= 0.3 is 5.97 Å². The second-order valence-corrected chi connectivity index (χ2v) is 9.61. The number of amides is 3. The van der Waals surface area contributed by atoms with Gasteiger partial charge in [-0.3, -0.25) is 19.3 Å². The molecule has 17 heteroatoms. The maximum absolute atomic E-state index is 12.9. The minimum atomic E-state index is -1.31. The van der Waals surface area contributed by atoms with Crippen LogP contribution < -0.4 is 21.4 Å². The lowest BCUT2D eigenvalue weighted by Crippen LogP contribution is -2.71. The molecule has 1 saturated heterocycles. The van der Waals surface area contributed by atoms with Crippen LogP contribution in [0.5, 0.6) is 0 Å². The number of anilines is 1. The van der Waals surface area contributed by atoms with E-state index < -0.39 is 47.7 Å². The highest BCUT2D eigenvalue weighted by Crippen LogP contribution is 2.40. The summed E-state index contributed by atoms with van der Waals surface area (Å²) in [5, 5.41) is 15.0. The van der Waals surface area contributed by atoms with Crippen LogP contribution in [0.25, 0.3) is 0 Å². The fraction of sp³-hybridized carbons (Fsp3) is 0.238. The number of aromatic nitrogens is 3. The smallest absolute Gasteiger partial charge is 0.352 e. The van der Waals surface area contributed by atoms with Gasteiger partial charge in [0.2, 0.25) is 17.4 Å². The Labute approximate surface area is 222 Å². The quantitative estimate of drug-likeness (QED) is 0.122. The number of pyridine rings is 1. The number of hydrogen-bond acceptors (Lipinski definition) is 11. The Kier molecular flexibility index (Phi) is 7.96. The number of nitrogens with two attached hydrogens (primary N) is 2. The van der Waals surface area contributed by atoms with Gasteiger partial charge in [0.05, 0.1) is 5.56 Å². The van der Waals surface area contributed by atoms with Crippen molar-refractivity contribution in [1.82, 2.24) is 19.6 Å². The predicted molar refractivity (Wildman–Crippen MR) is 132 cm³/mol. The number of hydrogen-bond donors (Lipinski definition) is 4. The third-order valence-electron chi connectivity index (χ3n) is 5.37. The van der Waals surface area contributed by atoms with E-state index in [1.165, 1.54) is 11.8 Å². The van der Waals surface area contributed by atoms with Crippen LogP contribution in [0.4, 0.5) is 9.52 Å². The summed E-state index contributed by atoms with van der Waals surface area (Å²) < 4.78 is 18.1. The summed E-state index contributed by atoms with van der Waals surface area (Å²) in [5.74, 6) is -3.37. The number of fused-ring (bicyclic) bond motifs is 1. The zero-order valence-electron chi connectivity index (χ0n) is 19.3. The van der Waals surface area contributed by atoms with Crippen molar-refractivity contribution in [2.75, 3.05) is 18.3 Å². The highest BCUT2D eigenvalue weighted by Gasteiger charge is 2.54. The summed E-state index contributed by atoms with van der Waals surface area (Å²) in [6, 6.07) is 2.05. The van der Waals surface area contributed by atoms with E-state index >= 15 is 0 Å². The molecule has 4 rings (SSSR count). The molecule has 0 aromatic carbocycles. The number of nitrogens with zero attached hydrogens (tertiary/aromatic N) is 5. The van der Waals surface area contributed by atoms with Crippen molar-refractivity contribution in [3.63, 3.8) is 0 Å². The van der Waals surface area contributed by atoms with Crippen molar-refractivity contribution in [2.24, 2.45) is 10.9 Å². The van der Waals surface area contributed by atoms with Crippen LogP contribution in [0, 0.1) is 0 Å². The first-order chi connectivity index (χ1) is 18.2. The van der Waals surface area contributed by atoms with Crippen molar-refractivity contribution in [3.8, 4) is 0 Å². The summed E-state index contributed by atoms with van der Waals surface area (Å²) in [6.07, 6.45) is 6.63. The predicted octanol–water partition coefficient (Wildman–Crippen LogP) is -0.851. The molecular formula is C21H20FN8O6S2+. The van der Waals surface area contributed by atoms with Crippen molar-refractivity contribution in [2.45, 2.75) is 18.0 Å². The molecule has 198 valence electrons. The number of aliphatic carboxylic acids is 1. The fourth-order valence-corrected chi connectivity index (χ4v) is 5.40. The van der Waals surface area contributed by atoms with E-state index in [0.29, 0.717) is 17.7 Å². The molecule has 0 saturated carbocycles. The molecule has 0 unspecified atom stereocenters. The molecule has 38 heavy (non-hydrogen) atoms. The Hall–Kier alpha value is -4.38. The molecule has 2 aliphatic rings. The van der Waals surface area contributed by atoms with Gasteiger partial charge in [-0.1, -0.05) is 11.2 Å². The summed E-state index contributed by atoms with van der Waals surface area (Å²) >= 11 is 2.04. The number of rotatable bonds is 10. The molecule has 2 aromatic heterocycles. The normalized spacial score (nSPS) is 19.2. The zero-order valence-corrected chi connectivity index (χ0v) is 20.9. The summed E-state index contributed by atoms with van der Waals surface area (Å²) in [6.45, 7) is -0.945. The Balaban J connectivity index is 1.47. The average Bonchev–Trinajstić information content (AvgIpc) is 3.32. The minimum absolute atomic E-state index is 0.0346. The molecule has 3 amide bonds. The van der Waals surface area contributed by atoms with Gasteiger partial charge in [0.1, 0.15) is 17.1 Å². The van der Waals surface area contributed by atoms with E-state index in [1.54, 1.807) is 41.2 Å². The lowest BCUT2D eigenvalue weighted by atomic mass is 10.0. The molecule has 0 radical (unpaired) electrons. The first kappa shape index (κ1) is 26.7. The molecular weight excluding hydrogens is 543 g/mol. The first-order valence-electron chi connectivity index (χ1n) is 10.7. The van der Waals surface area contributed by atoms with E-state index in [0.717, 1.165) is 16.4 Å². The lowest BCUT2D eigenvalue weighted by molar-refractivity contribution is -0.687. The number of carbonyl (C=O) groups excluding carboxylic acids is 3. The molecule has 0 aliphatic carbocycles. The number of allylic oxidation sites excluding steroid dienone is 2. The molecule has 2 aliphatic heterocycles. The number of nitrogens with one attached hydrogen (secondary N) is 1. The number of alkyl halides is 1. The zero-order chi connectivity index (χ0) is 27.4. The van der Waals surface area contributed by atoms with Gasteiger partial charge in [0, 0.05) is 29.4 Å². The van der Waals surface area contributed by atoms with Crippen LogP contribution in [-0.2, 0) is 25.8 Å². The topological polar surface area (TPSA) is 207 Å². The Morgan fingerprint density at radius 2 is 2.11 bits per heavy atom. The number of β-lactam (4-membered cyclic amide) rings is 1. The van der Waals surface area contributed by atoms with E-state index in [-0.39, 0.29) is 22.4 Å². The van der Waals surface area contributed by atoms with E-state index in [1.807, 2.05) is 0 Å². The molecule has 0 bridgehead atoms. The number of primary amides is 1. The number of halogens is 1. The Morgan fingerprint density at radius 3 is 2.71 bits per heavy atom. The largest absolute Gasteiger partial charge is 0.477 e. The van der Waals surface area contributed by atoms with Crippen molar-refractivity contribution < 1.29 is 38.1 Å². The highest BCUT2D eigenvalue weighted by atomic mass is 32.2. The average molecular weight is 564 g/mol. The molecule has 2 atom stereocenters. The highest BCUT2D eigenvalue weighted by molar-refractivity contribution is 8.00. The monoisotopic (exact) mass is 563 g/mol. The maximum Gasteiger partial charge on any atom is 0.352 e. The van der Waals surface area contributed by atoms with Crippen LogP contribution in [0.1, 0.15) is 16.2 Å². The first-order valence-corrected chi connectivity index (χ1v) is 12.6. The second-order valence-electron chi connectivity index (χ2n) is 7.72. The molecule has 2 aromatic rings. The third kappa shape index (κ3) is 5.47. The van der Waals surface area contributed by atoms with Crippen LogP contribution >= 0.6 is 23.3 Å². The third-order valence-corrected chi connectivity index (χ3v) is 7.22. The SMILES string of the molecule is NC(=O)c1cc[n+](C/C=C/C2=C(C(=O)O)N3C(=O)[C@@H](NC(=O)/C(=N\OCF)c4nsc(N)n4)[C@@H]3SC2)cc1. The summed E-state index contributed by atoms with van der Waals surface area (Å²) in [7, 11) is 0. The van der Waals surface area contributed by atoms with Gasteiger partial charge in [-0.15, -0.1) is 11.8 Å². The Bertz CT molecular complexity index is 1380. The van der Waals surface area contributed by atoms with Crippen molar-refractivity contribution in [3.05, 3.63) is 59.3 Å². The maximum atomic E-state index is 12.9. The number of nitrogen functional groups attached to an aromatic ring is 1. The van der Waals surface area contributed by atoms with E-state index in [9.17, 15) is 28.7 Å². The number of carboxylic acid groups (broad SMARTS) is 1. The number of thioether (sulfide) groups is 1. The summed E-state index contributed by atoms with van der Waals surface area (Å²) in [5.41, 5.74) is 10.8. The van der Waals surface area contributed by atoms with Crippen LogP contribution in [0.2, 0.25) is 0 Å².